The maximum absolute atomic E-state index is 12.8. The molecule has 3 amide bonds. The minimum Gasteiger partial charge on any atom is -0.444 e. The summed E-state index contributed by atoms with van der Waals surface area (Å²) in [7, 11) is 0. The van der Waals surface area contributed by atoms with Crippen LogP contribution in [-0.4, -0.2) is 51.8 Å². The molecule has 0 radical (unpaired) electrons. The number of carbonyl (C=O) groups excluding carboxylic acids is 2. The molecule has 0 bridgehead atoms. The molecule has 0 aliphatic carbocycles. The van der Waals surface area contributed by atoms with Crippen LogP contribution >= 0.6 is 11.3 Å². The van der Waals surface area contributed by atoms with Gasteiger partial charge in [0.2, 0.25) is 0 Å². The maximum Gasteiger partial charge on any atom is 0.411 e. The van der Waals surface area contributed by atoms with E-state index in [1.165, 1.54) is 11.3 Å². The molecular weight excluding hydrogens is 352 g/mol. The van der Waals surface area contributed by atoms with E-state index in [2.05, 4.69) is 23.5 Å². The molecule has 7 nitrogen and oxygen atoms in total. The van der Waals surface area contributed by atoms with Crippen LogP contribution in [0, 0.1) is 0 Å². The van der Waals surface area contributed by atoms with E-state index in [-0.39, 0.29) is 12.6 Å². The Morgan fingerprint density at radius 1 is 1.54 bits per heavy atom. The third-order valence-corrected chi connectivity index (χ3v) is 4.47. The Morgan fingerprint density at radius 3 is 2.85 bits per heavy atom. The van der Waals surface area contributed by atoms with Crippen LogP contribution in [0.15, 0.2) is 36.4 Å². The van der Waals surface area contributed by atoms with Gasteiger partial charge in [-0.25, -0.2) is 14.6 Å². The van der Waals surface area contributed by atoms with Gasteiger partial charge >= 0.3 is 12.1 Å². The van der Waals surface area contributed by atoms with Crippen molar-refractivity contribution in [1.82, 2.24) is 14.8 Å². The zero-order valence-corrected chi connectivity index (χ0v) is 16.3. The quantitative estimate of drug-likeness (QED) is 0.784. The maximum atomic E-state index is 12.8. The lowest BCUT2D eigenvalue weighted by molar-refractivity contribution is 0.00936. The lowest BCUT2D eigenvalue weighted by atomic mass is 10.2. The van der Waals surface area contributed by atoms with Crippen LogP contribution in [0.1, 0.15) is 33.6 Å². The molecule has 0 aromatic carbocycles. The first kappa shape index (κ1) is 20.0. The number of hydrogen-bond donors (Lipinski definition) is 1. The molecular formula is C18H26N4O3S. The molecule has 1 N–H and O–H groups in total. The highest BCUT2D eigenvalue weighted by molar-refractivity contribution is 7.13. The summed E-state index contributed by atoms with van der Waals surface area (Å²) in [5, 5.41) is 5.06. The first-order chi connectivity index (χ1) is 12.2. The highest BCUT2D eigenvalue weighted by Crippen LogP contribution is 2.25. The number of rotatable bonds is 5. The Kier molecular flexibility index (Phi) is 6.42. The monoisotopic (exact) mass is 378 g/mol. The summed E-state index contributed by atoms with van der Waals surface area (Å²) >= 11 is 1.33. The van der Waals surface area contributed by atoms with Crippen LogP contribution in [0.3, 0.4) is 0 Å². The fourth-order valence-corrected chi connectivity index (χ4v) is 3.17. The second-order valence-electron chi connectivity index (χ2n) is 7.05. The summed E-state index contributed by atoms with van der Waals surface area (Å²) in [4.78, 5) is 32.7. The Bertz CT molecular complexity index is 666. The van der Waals surface area contributed by atoms with Gasteiger partial charge in [-0.2, -0.15) is 0 Å². The first-order valence-corrected chi connectivity index (χ1v) is 9.36. The molecule has 1 unspecified atom stereocenters. The van der Waals surface area contributed by atoms with Gasteiger partial charge < -0.3 is 4.74 Å². The van der Waals surface area contributed by atoms with Crippen molar-refractivity contribution in [2.75, 3.05) is 18.4 Å². The lowest BCUT2D eigenvalue weighted by Crippen LogP contribution is -2.52. The number of likely N-dealkylation sites (tertiary alicyclic amines) is 1. The predicted molar refractivity (Wildman–Crippen MR) is 103 cm³/mol. The molecule has 1 saturated heterocycles. The normalized spacial score (nSPS) is 16.9. The molecule has 26 heavy (non-hydrogen) atoms. The number of amides is 3. The SMILES string of the molecule is C=CC(=C)CN(C(=O)Nc1nccs1)C1CCCN1C(=O)OC(C)(C)C. The number of hydrogen-bond acceptors (Lipinski definition) is 5. The van der Waals surface area contributed by atoms with Gasteiger partial charge in [0.1, 0.15) is 11.8 Å². The summed E-state index contributed by atoms with van der Waals surface area (Å²) in [6.07, 6.45) is 3.88. The van der Waals surface area contributed by atoms with Crippen LogP contribution in [-0.2, 0) is 4.74 Å². The number of thiazole rings is 1. The average molecular weight is 378 g/mol. The van der Waals surface area contributed by atoms with E-state index in [0.717, 1.165) is 6.42 Å². The number of ether oxygens (including phenoxy) is 1. The van der Waals surface area contributed by atoms with Gasteiger partial charge in [0.15, 0.2) is 5.13 Å². The van der Waals surface area contributed by atoms with Gasteiger partial charge in [-0.3, -0.25) is 15.1 Å². The Hall–Kier alpha value is -2.35. The highest BCUT2D eigenvalue weighted by Gasteiger charge is 2.38. The Balaban J connectivity index is 2.19. The number of aromatic nitrogens is 1. The van der Waals surface area contributed by atoms with E-state index >= 15 is 0 Å². The van der Waals surface area contributed by atoms with Gasteiger partial charge in [-0.15, -0.1) is 11.3 Å². The van der Waals surface area contributed by atoms with Crippen molar-refractivity contribution >= 4 is 28.6 Å². The summed E-state index contributed by atoms with van der Waals surface area (Å²) in [6, 6.07) is -0.330. The Labute approximate surface area is 158 Å². The van der Waals surface area contributed by atoms with E-state index < -0.39 is 17.9 Å². The van der Waals surface area contributed by atoms with Crippen molar-refractivity contribution in [2.24, 2.45) is 0 Å². The minimum atomic E-state index is -0.594. The number of nitrogens with zero attached hydrogens (tertiary/aromatic N) is 3. The van der Waals surface area contributed by atoms with E-state index in [0.29, 0.717) is 23.7 Å². The number of urea groups is 1. The molecule has 0 saturated carbocycles. The fraction of sp³-hybridized carbons (Fsp3) is 0.500. The van der Waals surface area contributed by atoms with Crippen molar-refractivity contribution in [3.8, 4) is 0 Å². The molecule has 1 aromatic heterocycles. The molecule has 1 atom stereocenters. The number of nitrogens with one attached hydrogen (secondary N) is 1. The van der Waals surface area contributed by atoms with Gasteiger partial charge in [0.05, 0.1) is 0 Å². The van der Waals surface area contributed by atoms with Crippen molar-refractivity contribution < 1.29 is 14.3 Å². The smallest absolute Gasteiger partial charge is 0.411 e. The predicted octanol–water partition coefficient (Wildman–Crippen LogP) is 4.08. The van der Waals surface area contributed by atoms with Crippen LogP contribution in [0.5, 0.6) is 0 Å². The van der Waals surface area contributed by atoms with E-state index in [1.54, 1.807) is 27.5 Å². The van der Waals surface area contributed by atoms with Crippen LogP contribution in [0.4, 0.5) is 14.7 Å². The van der Waals surface area contributed by atoms with Gasteiger partial charge in [0, 0.05) is 24.7 Å². The standard InChI is InChI=1S/C18H26N4O3S/c1-6-13(2)12-22(16(23)20-15-19-9-11-26-15)14-8-7-10-21(14)17(24)25-18(3,4)5/h6,9,11,14H,1-2,7-8,10,12H2,3-5H3,(H,19,20,23). The van der Waals surface area contributed by atoms with Crippen LogP contribution < -0.4 is 5.32 Å². The molecule has 1 aromatic rings. The molecule has 2 rings (SSSR count). The fourth-order valence-electron chi connectivity index (χ4n) is 2.65. The van der Waals surface area contributed by atoms with Gasteiger partial charge in [-0.1, -0.05) is 19.2 Å². The van der Waals surface area contributed by atoms with Crippen LogP contribution in [0.2, 0.25) is 0 Å². The van der Waals surface area contributed by atoms with E-state index in [1.807, 2.05) is 20.8 Å². The molecule has 1 aliphatic heterocycles. The van der Waals surface area contributed by atoms with Crippen molar-refractivity contribution in [3.63, 3.8) is 0 Å². The summed E-state index contributed by atoms with van der Waals surface area (Å²) in [5.74, 6) is 0. The van der Waals surface area contributed by atoms with Crippen molar-refractivity contribution in [1.29, 1.82) is 0 Å². The van der Waals surface area contributed by atoms with Gasteiger partial charge in [0.25, 0.3) is 0 Å². The van der Waals surface area contributed by atoms with E-state index in [4.69, 9.17) is 4.74 Å². The molecule has 142 valence electrons. The average Bonchev–Trinajstić information content (AvgIpc) is 3.21. The molecule has 1 fully saturated rings. The summed E-state index contributed by atoms with van der Waals surface area (Å²) in [5.41, 5.74) is 0.0958. The summed E-state index contributed by atoms with van der Waals surface area (Å²) in [6.45, 7) is 13.9. The van der Waals surface area contributed by atoms with Crippen LogP contribution in [0.25, 0.3) is 0 Å². The lowest BCUT2D eigenvalue weighted by Gasteiger charge is -2.36. The molecule has 8 heteroatoms. The van der Waals surface area contributed by atoms with Crippen molar-refractivity contribution in [2.45, 2.75) is 45.4 Å². The third kappa shape index (κ3) is 5.32. The van der Waals surface area contributed by atoms with Crippen molar-refractivity contribution in [3.05, 3.63) is 36.4 Å². The topological polar surface area (TPSA) is 74.8 Å². The number of carbonyl (C=O) groups is 2. The molecule has 1 aliphatic rings. The first-order valence-electron chi connectivity index (χ1n) is 8.48. The third-order valence-electron chi connectivity index (χ3n) is 3.78. The zero-order valence-electron chi connectivity index (χ0n) is 15.5. The van der Waals surface area contributed by atoms with Gasteiger partial charge in [-0.05, 0) is 39.2 Å². The second kappa shape index (κ2) is 8.35. The Morgan fingerprint density at radius 2 is 2.27 bits per heavy atom. The number of anilines is 1. The van der Waals surface area contributed by atoms with E-state index in [9.17, 15) is 9.59 Å². The minimum absolute atomic E-state index is 0.269. The summed E-state index contributed by atoms with van der Waals surface area (Å²) < 4.78 is 5.49. The zero-order chi connectivity index (χ0) is 19.3. The largest absolute Gasteiger partial charge is 0.444 e. The molecule has 2 heterocycles. The second-order valence-corrected chi connectivity index (χ2v) is 7.95. The highest BCUT2D eigenvalue weighted by atomic mass is 32.1. The molecule has 0 spiro atoms.